The number of thiophene rings is 1. The van der Waals surface area contributed by atoms with E-state index in [2.05, 4.69) is 5.32 Å². The van der Waals surface area contributed by atoms with Gasteiger partial charge in [-0.1, -0.05) is 18.2 Å². The van der Waals surface area contributed by atoms with Crippen molar-refractivity contribution in [1.29, 1.82) is 0 Å². The highest BCUT2D eigenvalue weighted by atomic mass is 32.1. The molecule has 1 rings (SSSR count). The maximum Gasteiger partial charge on any atom is 0.338 e. The number of aryl methyl sites for hydroxylation is 1. The second-order valence-electron chi connectivity index (χ2n) is 3.28. The smallest absolute Gasteiger partial charge is 0.338 e. The molecule has 0 aliphatic carbocycles. The number of carbonyl (C=O) groups excluding carboxylic acids is 1. The maximum absolute atomic E-state index is 11.5. The Balaban J connectivity index is 2.81. The Hall–Kier alpha value is -1.88. The minimum atomic E-state index is -1.04. The SMILES string of the molecule is CC=CC=CC(=O)Nc1sc(C)cc1C(=O)O. The van der Waals surface area contributed by atoms with Crippen LogP contribution in [-0.2, 0) is 4.79 Å². The number of hydrogen-bond acceptors (Lipinski definition) is 3. The highest BCUT2D eigenvalue weighted by Gasteiger charge is 2.14. The van der Waals surface area contributed by atoms with Crippen LogP contribution in [0.5, 0.6) is 0 Å². The van der Waals surface area contributed by atoms with Crippen LogP contribution in [0.25, 0.3) is 0 Å². The second-order valence-corrected chi connectivity index (χ2v) is 4.54. The summed E-state index contributed by atoms with van der Waals surface area (Å²) in [6.45, 7) is 3.63. The fourth-order valence-electron chi connectivity index (χ4n) is 1.17. The Morgan fingerprint density at radius 3 is 2.71 bits per heavy atom. The Labute approximate surface area is 103 Å². The van der Waals surface area contributed by atoms with Crippen molar-refractivity contribution < 1.29 is 14.7 Å². The van der Waals surface area contributed by atoms with Crippen molar-refractivity contribution in [2.24, 2.45) is 0 Å². The number of amides is 1. The van der Waals surface area contributed by atoms with Gasteiger partial charge in [0.05, 0.1) is 5.56 Å². The average molecular weight is 251 g/mol. The molecule has 1 aromatic heterocycles. The zero-order chi connectivity index (χ0) is 12.8. The topological polar surface area (TPSA) is 66.4 Å². The van der Waals surface area contributed by atoms with E-state index in [-0.39, 0.29) is 11.5 Å². The fraction of sp³-hybridized carbons (Fsp3) is 0.167. The molecule has 0 aliphatic rings. The van der Waals surface area contributed by atoms with Crippen LogP contribution < -0.4 is 5.32 Å². The summed E-state index contributed by atoms with van der Waals surface area (Å²) < 4.78 is 0. The van der Waals surface area contributed by atoms with E-state index in [1.807, 2.05) is 6.92 Å². The number of anilines is 1. The van der Waals surface area contributed by atoms with Crippen LogP contribution in [0.4, 0.5) is 5.00 Å². The summed E-state index contributed by atoms with van der Waals surface area (Å²) in [4.78, 5) is 23.2. The molecule has 4 nitrogen and oxygen atoms in total. The van der Waals surface area contributed by atoms with Gasteiger partial charge in [0.15, 0.2) is 0 Å². The summed E-state index contributed by atoms with van der Waals surface area (Å²) in [5.74, 6) is -1.38. The molecule has 0 spiro atoms. The normalized spacial score (nSPS) is 11.2. The van der Waals surface area contributed by atoms with E-state index in [1.54, 1.807) is 25.2 Å². The first kappa shape index (κ1) is 13.2. The summed E-state index contributed by atoms with van der Waals surface area (Å²) >= 11 is 1.25. The van der Waals surface area contributed by atoms with Gasteiger partial charge in [0.25, 0.3) is 0 Å². The summed E-state index contributed by atoms with van der Waals surface area (Å²) in [5.41, 5.74) is 0.125. The molecule has 0 radical (unpaired) electrons. The summed E-state index contributed by atoms with van der Waals surface area (Å²) in [7, 11) is 0. The molecule has 0 aromatic carbocycles. The maximum atomic E-state index is 11.5. The van der Waals surface area contributed by atoms with Crippen LogP contribution in [0.3, 0.4) is 0 Å². The van der Waals surface area contributed by atoms with E-state index >= 15 is 0 Å². The van der Waals surface area contributed by atoms with Crippen molar-refractivity contribution >= 4 is 28.2 Å². The third-order valence-corrected chi connectivity index (χ3v) is 2.84. The molecule has 17 heavy (non-hydrogen) atoms. The van der Waals surface area contributed by atoms with Gasteiger partial charge in [0.1, 0.15) is 5.00 Å². The quantitative estimate of drug-likeness (QED) is 0.638. The first-order valence-corrected chi connectivity index (χ1v) is 5.80. The molecule has 1 heterocycles. The number of carboxylic acids is 1. The average Bonchev–Trinajstić information content (AvgIpc) is 2.60. The van der Waals surface area contributed by atoms with Crippen molar-refractivity contribution in [3.8, 4) is 0 Å². The van der Waals surface area contributed by atoms with Crippen LogP contribution in [0.1, 0.15) is 22.2 Å². The van der Waals surface area contributed by atoms with Crippen molar-refractivity contribution in [3.05, 3.63) is 40.8 Å². The van der Waals surface area contributed by atoms with Gasteiger partial charge in [0.2, 0.25) is 5.91 Å². The first-order chi connectivity index (χ1) is 8.04. The van der Waals surface area contributed by atoms with Crippen molar-refractivity contribution in [2.45, 2.75) is 13.8 Å². The predicted molar refractivity (Wildman–Crippen MR) is 68.6 cm³/mol. The molecule has 1 amide bonds. The van der Waals surface area contributed by atoms with E-state index in [1.165, 1.54) is 23.5 Å². The van der Waals surface area contributed by atoms with E-state index in [4.69, 9.17) is 5.11 Å². The number of carbonyl (C=O) groups is 2. The first-order valence-electron chi connectivity index (χ1n) is 4.98. The van der Waals surface area contributed by atoms with E-state index in [9.17, 15) is 9.59 Å². The minimum Gasteiger partial charge on any atom is -0.478 e. The number of aromatic carboxylic acids is 1. The van der Waals surface area contributed by atoms with Gasteiger partial charge in [-0.05, 0) is 19.9 Å². The Kier molecular flexibility index (Phi) is 4.66. The highest BCUT2D eigenvalue weighted by molar-refractivity contribution is 7.16. The third kappa shape index (κ3) is 3.88. The lowest BCUT2D eigenvalue weighted by molar-refractivity contribution is -0.111. The number of allylic oxidation sites excluding steroid dienone is 3. The molecule has 1 aromatic rings. The lowest BCUT2D eigenvalue weighted by Crippen LogP contribution is -2.09. The molecular formula is C12H13NO3S. The number of carboxylic acid groups (broad SMARTS) is 1. The molecule has 0 unspecified atom stereocenters. The molecular weight excluding hydrogens is 238 g/mol. The molecule has 0 fully saturated rings. The zero-order valence-electron chi connectivity index (χ0n) is 9.56. The lowest BCUT2D eigenvalue weighted by atomic mass is 10.3. The van der Waals surface area contributed by atoms with Crippen LogP contribution in [0.15, 0.2) is 30.4 Å². The van der Waals surface area contributed by atoms with Gasteiger partial charge in [-0.2, -0.15) is 0 Å². The standard InChI is InChI=1S/C12H13NO3S/c1-3-4-5-6-10(14)13-11-9(12(15)16)7-8(2)17-11/h3-7H,1-2H3,(H,13,14)(H,15,16). The molecule has 5 heteroatoms. The molecule has 0 atom stereocenters. The van der Waals surface area contributed by atoms with Gasteiger partial charge in [-0.15, -0.1) is 11.3 Å². The molecule has 0 saturated heterocycles. The number of hydrogen-bond donors (Lipinski definition) is 2. The van der Waals surface area contributed by atoms with Crippen LogP contribution in [-0.4, -0.2) is 17.0 Å². The van der Waals surface area contributed by atoms with Gasteiger partial charge in [-0.25, -0.2) is 4.79 Å². The number of rotatable bonds is 4. The lowest BCUT2D eigenvalue weighted by Gasteiger charge is -1.99. The van der Waals surface area contributed by atoms with Gasteiger partial charge < -0.3 is 10.4 Å². The Morgan fingerprint density at radius 2 is 2.12 bits per heavy atom. The third-order valence-electron chi connectivity index (χ3n) is 1.87. The van der Waals surface area contributed by atoms with Crippen LogP contribution in [0, 0.1) is 6.92 Å². The highest BCUT2D eigenvalue weighted by Crippen LogP contribution is 2.27. The van der Waals surface area contributed by atoms with E-state index in [0.717, 1.165) is 4.88 Å². The van der Waals surface area contributed by atoms with E-state index in [0.29, 0.717) is 5.00 Å². The monoisotopic (exact) mass is 251 g/mol. The molecule has 0 saturated carbocycles. The molecule has 0 aliphatic heterocycles. The minimum absolute atomic E-state index is 0.125. The van der Waals surface area contributed by atoms with Crippen LogP contribution >= 0.6 is 11.3 Å². The zero-order valence-corrected chi connectivity index (χ0v) is 10.4. The van der Waals surface area contributed by atoms with Gasteiger partial charge >= 0.3 is 5.97 Å². The van der Waals surface area contributed by atoms with Crippen molar-refractivity contribution in [3.63, 3.8) is 0 Å². The van der Waals surface area contributed by atoms with Crippen molar-refractivity contribution in [1.82, 2.24) is 0 Å². The summed E-state index contributed by atoms with van der Waals surface area (Å²) in [6.07, 6.45) is 6.45. The molecule has 2 N–H and O–H groups in total. The summed E-state index contributed by atoms with van der Waals surface area (Å²) in [5, 5.41) is 11.8. The Bertz CT molecular complexity index is 486. The van der Waals surface area contributed by atoms with Gasteiger partial charge in [0, 0.05) is 11.0 Å². The van der Waals surface area contributed by atoms with E-state index < -0.39 is 5.97 Å². The number of nitrogens with one attached hydrogen (secondary N) is 1. The van der Waals surface area contributed by atoms with Crippen LogP contribution in [0.2, 0.25) is 0 Å². The predicted octanol–water partition coefficient (Wildman–Crippen LogP) is 2.83. The summed E-state index contributed by atoms with van der Waals surface area (Å²) in [6, 6.07) is 1.54. The second kappa shape index (κ2) is 6.00. The molecule has 0 bridgehead atoms. The Morgan fingerprint density at radius 1 is 1.41 bits per heavy atom. The van der Waals surface area contributed by atoms with Gasteiger partial charge in [-0.3, -0.25) is 4.79 Å². The largest absolute Gasteiger partial charge is 0.478 e. The van der Waals surface area contributed by atoms with Crippen molar-refractivity contribution in [2.75, 3.05) is 5.32 Å². The molecule has 90 valence electrons. The fourth-order valence-corrected chi connectivity index (χ4v) is 2.08.